The van der Waals surface area contributed by atoms with Crippen LogP contribution in [0.25, 0.3) is 0 Å². The smallest absolute Gasteiger partial charge is 0.462 e. The van der Waals surface area contributed by atoms with Gasteiger partial charge in [0.1, 0.15) is 6.61 Å². The Morgan fingerprint density at radius 2 is 0.627 bits per heavy atom. The van der Waals surface area contributed by atoms with E-state index in [1.807, 2.05) is 0 Å². The van der Waals surface area contributed by atoms with Gasteiger partial charge in [0.2, 0.25) is 0 Å². The fourth-order valence-electron chi connectivity index (χ4n) is 11.4. The van der Waals surface area contributed by atoms with Crippen LogP contribution in [0.15, 0.2) is 24.3 Å². The molecule has 0 saturated heterocycles. The van der Waals surface area contributed by atoms with E-state index in [0.717, 1.165) is 44.9 Å². The van der Waals surface area contributed by atoms with Gasteiger partial charge in [0.05, 0.1) is 13.2 Å². The number of allylic oxidation sites excluding steroid dienone is 4. The lowest BCUT2D eigenvalue weighted by molar-refractivity contribution is -0.161. The molecule has 0 aromatic heterocycles. The Morgan fingerprint density at radius 3 is 0.916 bits per heavy atom. The maximum Gasteiger partial charge on any atom is 0.472 e. The van der Waals surface area contributed by atoms with E-state index in [9.17, 15) is 19.0 Å². The molecule has 0 bridgehead atoms. The van der Waals surface area contributed by atoms with Crippen molar-refractivity contribution in [2.45, 2.75) is 405 Å². The summed E-state index contributed by atoms with van der Waals surface area (Å²) in [4.78, 5) is 35.3. The van der Waals surface area contributed by atoms with Crippen LogP contribution in [0.1, 0.15) is 399 Å². The van der Waals surface area contributed by atoms with Gasteiger partial charge in [0, 0.05) is 19.4 Å². The van der Waals surface area contributed by atoms with E-state index in [1.54, 1.807) is 0 Å². The van der Waals surface area contributed by atoms with E-state index in [4.69, 9.17) is 24.3 Å². The number of esters is 2. The minimum absolute atomic E-state index is 0.0556. The van der Waals surface area contributed by atoms with Crippen LogP contribution >= 0.6 is 7.82 Å². The summed E-state index contributed by atoms with van der Waals surface area (Å²) >= 11 is 0. The van der Waals surface area contributed by atoms with Crippen LogP contribution in [0.4, 0.5) is 0 Å². The lowest BCUT2D eigenvalue weighted by atomic mass is 10.0. The summed E-state index contributed by atoms with van der Waals surface area (Å²) < 4.78 is 33.2. The molecule has 0 radical (unpaired) electrons. The van der Waals surface area contributed by atoms with Gasteiger partial charge in [-0.05, 0) is 44.9 Å². The second kappa shape index (κ2) is 69.6. The Balaban J connectivity index is 3.74. The van der Waals surface area contributed by atoms with E-state index >= 15 is 0 Å². The molecule has 10 heteroatoms. The Hall–Kier alpha value is -1.51. The Bertz CT molecular complexity index is 1410. The monoisotopic (exact) mass is 1190 g/mol. The van der Waals surface area contributed by atoms with Crippen molar-refractivity contribution in [3.8, 4) is 0 Å². The zero-order valence-electron chi connectivity index (χ0n) is 55.5. The van der Waals surface area contributed by atoms with Crippen LogP contribution in [-0.2, 0) is 32.7 Å². The normalized spacial score (nSPS) is 13.0. The summed E-state index contributed by atoms with van der Waals surface area (Å²) in [6.07, 6.45) is 85.9. The molecule has 83 heavy (non-hydrogen) atoms. The fourth-order valence-corrected chi connectivity index (χ4v) is 12.1. The Kier molecular flexibility index (Phi) is 68.3. The van der Waals surface area contributed by atoms with Crippen molar-refractivity contribution in [3.63, 3.8) is 0 Å². The molecule has 2 unspecified atom stereocenters. The van der Waals surface area contributed by atoms with Gasteiger partial charge in [-0.3, -0.25) is 18.6 Å². The van der Waals surface area contributed by atoms with E-state index in [1.165, 1.54) is 321 Å². The molecule has 0 aromatic carbocycles. The Labute approximate surface area is 516 Å². The molecule has 0 rings (SSSR count). The Morgan fingerprint density at radius 1 is 0.361 bits per heavy atom. The first-order chi connectivity index (χ1) is 40.8. The molecule has 3 N–H and O–H groups in total. The predicted molar refractivity (Wildman–Crippen MR) is 358 cm³/mol. The first-order valence-electron chi connectivity index (χ1n) is 36.8. The maximum atomic E-state index is 12.7. The van der Waals surface area contributed by atoms with Gasteiger partial charge in [-0.1, -0.05) is 366 Å². The van der Waals surface area contributed by atoms with Crippen LogP contribution in [0.3, 0.4) is 0 Å². The highest BCUT2D eigenvalue weighted by Crippen LogP contribution is 2.43. The lowest BCUT2D eigenvalue weighted by Gasteiger charge is -2.19. The number of nitrogens with two attached hydrogens (primary N) is 1. The van der Waals surface area contributed by atoms with Crippen LogP contribution in [0, 0.1) is 0 Å². The molecular weight excluding hydrogens is 1050 g/mol. The molecule has 2 atom stereocenters. The number of hydrogen-bond donors (Lipinski definition) is 2. The number of ether oxygens (including phenoxy) is 2. The second-order valence-electron chi connectivity index (χ2n) is 25.2. The first kappa shape index (κ1) is 81.5. The van der Waals surface area contributed by atoms with Gasteiger partial charge in [0.25, 0.3) is 0 Å². The van der Waals surface area contributed by atoms with E-state index in [-0.39, 0.29) is 38.6 Å². The number of carbonyl (C=O) groups excluding carboxylic acids is 2. The molecular formula is C73H142NO8P. The van der Waals surface area contributed by atoms with E-state index in [2.05, 4.69) is 38.2 Å². The maximum absolute atomic E-state index is 12.7. The van der Waals surface area contributed by atoms with Gasteiger partial charge in [-0.2, -0.15) is 0 Å². The number of rotatable bonds is 71. The number of unbranched alkanes of at least 4 members (excludes halogenated alkanes) is 54. The standard InChI is InChI=1S/C73H142NO8P/c1-3-5-7-9-11-13-15-17-19-21-23-25-27-28-29-30-31-32-33-34-35-36-37-38-39-40-41-42-44-45-47-49-51-53-55-57-59-61-63-65-72(75)79-69-71(70-81-83(77,78)80-68-67-74)82-73(76)66-64-62-60-58-56-54-52-50-48-46-43-26-24-22-20-18-16-14-12-10-8-6-4-2/h16,18,22,24,71H,3-15,17,19-21,23,25-70,74H2,1-2H3,(H,77,78)/b18-16-,24-22-. The number of phosphoric acid groups is 1. The zero-order valence-corrected chi connectivity index (χ0v) is 56.4. The quantitative estimate of drug-likeness (QED) is 0.0264. The summed E-state index contributed by atoms with van der Waals surface area (Å²) in [6, 6.07) is 0. The third kappa shape index (κ3) is 69.5. The molecule has 0 spiro atoms. The van der Waals surface area contributed by atoms with Crippen molar-refractivity contribution in [2.24, 2.45) is 5.73 Å². The zero-order chi connectivity index (χ0) is 60.1. The SMILES string of the molecule is CCCCCCC/C=C\C/C=C\CCCCCCCCCCCCCC(=O)OC(COC(=O)CCCCCCCCCCCCCCCCCCCCCCCCCCCCCCCCCCCCCCCCC)COP(=O)(O)OCCN. The molecule has 0 fully saturated rings. The minimum Gasteiger partial charge on any atom is -0.462 e. The van der Waals surface area contributed by atoms with Crippen LogP contribution < -0.4 is 5.73 Å². The van der Waals surface area contributed by atoms with Gasteiger partial charge in [-0.15, -0.1) is 0 Å². The van der Waals surface area contributed by atoms with Crippen molar-refractivity contribution in [2.75, 3.05) is 26.4 Å². The third-order valence-corrected chi connectivity index (χ3v) is 17.8. The molecule has 9 nitrogen and oxygen atoms in total. The average Bonchev–Trinajstić information content (AvgIpc) is 3.48. The molecule has 0 amide bonds. The van der Waals surface area contributed by atoms with Crippen molar-refractivity contribution in [3.05, 3.63) is 24.3 Å². The lowest BCUT2D eigenvalue weighted by Crippen LogP contribution is -2.29. The first-order valence-corrected chi connectivity index (χ1v) is 38.3. The number of carbonyl (C=O) groups is 2. The van der Waals surface area contributed by atoms with Crippen molar-refractivity contribution in [1.29, 1.82) is 0 Å². The van der Waals surface area contributed by atoms with Crippen molar-refractivity contribution >= 4 is 19.8 Å². The van der Waals surface area contributed by atoms with E-state index in [0.29, 0.717) is 6.42 Å². The minimum atomic E-state index is -4.39. The predicted octanol–water partition coefficient (Wildman–Crippen LogP) is 24.1. The molecule has 0 saturated carbocycles. The number of hydrogen-bond acceptors (Lipinski definition) is 8. The largest absolute Gasteiger partial charge is 0.472 e. The van der Waals surface area contributed by atoms with Crippen molar-refractivity contribution < 1.29 is 37.6 Å². The molecule has 0 aromatic rings. The molecule has 0 aliphatic rings. The van der Waals surface area contributed by atoms with Crippen LogP contribution in [-0.4, -0.2) is 49.3 Å². The topological polar surface area (TPSA) is 134 Å². The highest BCUT2D eigenvalue weighted by molar-refractivity contribution is 7.47. The molecule has 0 aliphatic heterocycles. The van der Waals surface area contributed by atoms with Gasteiger partial charge >= 0.3 is 19.8 Å². The highest BCUT2D eigenvalue weighted by atomic mass is 31.2. The fraction of sp³-hybridized carbons (Fsp3) is 0.918. The molecule has 0 heterocycles. The third-order valence-electron chi connectivity index (χ3n) is 16.8. The molecule has 492 valence electrons. The van der Waals surface area contributed by atoms with Gasteiger partial charge < -0.3 is 20.1 Å². The summed E-state index contributed by atoms with van der Waals surface area (Å²) in [7, 11) is -4.39. The van der Waals surface area contributed by atoms with Gasteiger partial charge in [0.15, 0.2) is 6.10 Å². The van der Waals surface area contributed by atoms with E-state index < -0.39 is 26.5 Å². The highest BCUT2D eigenvalue weighted by Gasteiger charge is 2.26. The molecule has 0 aliphatic carbocycles. The summed E-state index contributed by atoms with van der Waals surface area (Å²) in [6.45, 7) is 3.81. The second-order valence-corrected chi connectivity index (χ2v) is 26.6. The van der Waals surface area contributed by atoms with Gasteiger partial charge in [-0.25, -0.2) is 4.57 Å². The summed E-state index contributed by atoms with van der Waals surface area (Å²) in [5.74, 6) is -0.808. The van der Waals surface area contributed by atoms with Crippen LogP contribution in [0.5, 0.6) is 0 Å². The average molecular weight is 1190 g/mol. The summed E-state index contributed by atoms with van der Waals surface area (Å²) in [5, 5.41) is 0. The van der Waals surface area contributed by atoms with Crippen LogP contribution in [0.2, 0.25) is 0 Å². The summed E-state index contributed by atoms with van der Waals surface area (Å²) in [5.41, 5.74) is 5.40. The van der Waals surface area contributed by atoms with Crippen molar-refractivity contribution in [1.82, 2.24) is 0 Å². The number of phosphoric ester groups is 1.